The summed E-state index contributed by atoms with van der Waals surface area (Å²) in [4.78, 5) is 0. The first-order chi connectivity index (χ1) is 7.40. The molecule has 1 aromatic carbocycles. The molecule has 0 aliphatic carbocycles. The van der Waals surface area contributed by atoms with Gasteiger partial charge in [-0.2, -0.15) is 0 Å². The smallest absolute Gasteiger partial charge is 0.123 e. The Hall–Kier alpha value is -0.540. The van der Waals surface area contributed by atoms with Crippen molar-refractivity contribution in [2.75, 3.05) is 13.2 Å². The Kier molecular flexibility index (Phi) is 4.03. The number of hydrogen-bond acceptors (Lipinski definition) is 2. The lowest BCUT2D eigenvalue weighted by atomic mass is 10.1. The van der Waals surface area contributed by atoms with E-state index in [9.17, 15) is 0 Å². The van der Waals surface area contributed by atoms with Gasteiger partial charge >= 0.3 is 0 Å². The fourth-order valence-electron chi connectivity index (χ4n) is 1.70. The summed E-state index contributed by atoms with van der Waals surface area (Å²) in [6.45, 7) is 1.64. The first kappa shape index (κ1) is 11.0. The molecule has 1 fully saturated rings. The number of hydrogen-bond donors (Lipinski definition) is 0. The van der Waals surface area contributed by atoms with Crippen LogP contribution in [0.5, 0.6) is 5.75 Å². The minimum atomic E-state index is 0.318. The molecular weight excluding hydrogens is 256 g/mol. The molecule has 1 saturated heterocycles. The van der Waals surface area contributed by atoms with Crippen LogP contribution in [0.4, 0.5) is 0 Å². The number of rotatable bonds is 3. The van der Waals surface area contributed by atoms with E-state index in [2.05, 4.69) is 22.0 Å². The maximum atomic E-state index is 5.97. The summed E-state index contributed by atoms with van der Waals surface area (Å²) in [5.41, 5.74) is 1.21. The van der Waals surface area contributed by atoms with E-state index in [0.29, 0.717) is 6.10 Å². The van der Waals surface area contributed by atoms with Crippen LogP contribution in [0.2, 0.25) is 0 Å². The Morgan fingerprint density at radius 3 is 2.73 bits per heavy atom. The minimum Gasteiger partial charge on any atom is -0.490 e. The molecule has 1 aromatic rings. The van der Waals surface area contributed by atoms with Crippen LogP contribution >= 0.6 is 15.9 Å². The summed E-state index contributed by atoms with van der Waals surface area (Å²) in [6, 6.07) is 8.17. The molecule has 1 aliphatic rings. The molecule has 0 spiro atoms. The summed E-state index contributed by atoms with van der Waals surface area (Å²) in [5.74, 6) is 1.00. The average Bonchev–Trinajstić information content (AvgIpc) is 2.31. The number of ether oxygens (including phenoxy) is 2. The molecule has 1 heterocycles. The van der Waals surface area contributed by atoms with Crippen LogP contribution in [-0.2, 0) is 10.1 Å². The molecule has 1 aliphatic heterocycles. The second kappa shape index (κ2) is 5.52. The van der Waals surface area contributed by atoms with Crippen molar-refractivity contribution >= 4 is 15.9 Å². The Bertz CT molecular complexity index is 308. The maximum absolute atomic E-state index is 5.97. The van der Waals surface area contributed by atoms with E-state index in [1.807, 2.05) is 18.2 Å². The van der Waals surface area contributed by atoms with E-state index >= 15 is 0 Å². The molecule has 0 atom stereocenters. The van der Waals surface area contributed by atoms with Gasteiger partial charge in [0.15, 0.2) is 0 Å². The van der Waals surface area contributed by atoms with E-state index in [4.69, 9.17) is 9.47 Å². The van der Waals surface area contributed by atoms with Crippen LogP contribution in [0.1, 0.15) is 18.4 Å². The summed E-state index contributed by atoms with van der Waals surface area (Å²) in [5, 5.41) is 0.840. The number of alkyl halides is 1. The fourth-order valence-corrected chi connectivity index (χ4v) is 2.17. The van der Waals surface area contributed by atoms with E-state index in [1.54, 1.807) is 0 Å². The normalized spacial score (nSPS) is 17.7. The predicted molar refractivity (Wildman–Crippen MR) is 63.5 cm³/mol. The molecular formula is C12H15BrO2. The molecule has 0 amide bonds. The molecule has 2 nitrogen and oxygen atoms in total. The van der Waals surface area contributed by atoms with Crippen molar-refractivity contribution in [1.82, 2.24) is 0 Å². The standard InChI is InChI=1S/C12H15BrO2/c13-9-10-3-1-2-4-12(10)15-11-5-7-14-8-6-11/h1-4,11H,5-9H2. The zero-order valence-electron chi connectivity index (χ0n) is 8.62. The highest BCUT2D eigenvalue weighted by Crippen LogP contribution is 2.24. The quantitative estimate of drug-likeness (QED) is 0.786. The lowest BCUT2D eigenvalue weighted by Crippen LogP contribution is -2.26. The predicted octanol–water partition coefficient (Wildman–Crippen LogP) is 3.14. The van der Waals surface area contributed by atoms with Crippen LogP contribution in [0.15, 0.2) is 24.3 Å². The molecule has 0 unspecified atom stereocenters. The molecule has 0 saturated carbocycles. The average molecular weight is 271 g/mol. The van der Waals surface area contributed by atoms with Crippen molar-refractivity contribution < 1.29 is 9.47 Å². The maximum Gasteiger partial charge on any atom is 0.123 e. The minimum absolute atomic E-state index is 0.318. The monoisotopic (exact) mass is 270 g/mol. The third-order valence-corrected chi connectivity index (χ3v) is 3.18. The Morgan fingerprint density at radius 1 is 1.27 bits per heavy atom. The molecule has 0 aromatic heterocycles. The Morgan fingerprint density at radius 2 is 2.00 bits per heavy atom. The zero-order valence-corrected chi connectivity index (χ0v) is 10.2. The zero-order chi connectivity index (χ0) is 10.5. The highest BCUT2D eigenvalue weighted by atomic mass is 79.9. The number of benzene rings is 1. The van der Waals surface area contributed by atoms with Crippen molar-refractivity contribution in [3.8, 4) is 5.75 Å². The van der Waals surface area contributed by atoms with Crippen molar-refractivity contribution in [2.45, 2.75) is 24.3 Å². The third-order valence-electron chi connectivity index (χ3n) is 2.58. The lowest BCUT2D eigenvalue weighted by molar-refractivity contribution is 0.0253. The molecule has 0 bridgehead atoms. The van der Waals surface area contributed by atoms with Crippen molar-refractivity contribution in [3.63, 3.8) is 0 Å². The van der Waals surface area contributed by atoms with E-state index in [1.165, 1.54) is 5.56 Å². The van der Waals surface area contributed by atoms with Gasteiger partial charge in [-0.15, -0.1) is 0 Å². The molecule has 15 heavy (non-hydrogen) atoms. The van der Waals surface area contributed by atoms with E-state index in [-0.39, 0.29) is 0 Å². The lowest BCUT2D eigenvalue weighted by Gasteiger charge is -2.24. The van der Waals surface area contributed by atoms with Gasteiger partial charge in [-0.1, -0.05) is 34.1 Å². The van der Waals surface area contributed by atoms with Crippen LogP contribution < -0.4 is 4.74 Å². The third kappa shape index (κ3) is 2.95. The van der Waals surface area contributed by atoms with Gasteiger partial charge in [-0.25, -0.2) is 0 Å². The SMILES string of the molecule is BrCc1ccccc1OC1CCOCC1. The summed E-state index contributed by atoms with van der Waals surface area (Å²) >= 11 is 3.47. The number of halogens is 1. The molecule has 3 heteroatoms. The van der Waals surface area contributed by atoms with E-state index < -0.39 is 0 Å². The molecule has 82 valence electrons. The van der Waals surface area contributed by atoms with Crippen LogP contribution in [0, 0.1) is 0 Å². The van der Waals surface area contributed by atoms with Gasteiger partial charge in [-0.05, 0) is 6.07 Å². The van der Waals surface area contributed by atoms with Crippen LogP contribution in [0.3, 0.4) is 0 Å². The van der Waals surface area contributed by atoms with Gasteiger partial charge in [0.25, 0.3) is 0 Å². The highest BCUT2D eigenvalue weighted by molar-refractivity contribution is 9.08. The van der Waals surface area contributed by atoms with Crippen molar-refractivity contribution in [3.05, 3.63) is 29.8 Å². The van der Waals surface area contributed by atoms with Crippen LogP contribution in [0.25, 0.3) is 0 Å². The van der Waals surface area contributed by atoms with E-state index in [0.717, 1.165) is 37.1 Å². The van der Waals surface area contributed by atoms with Crippen molar-refractivity contribution in [2.24, 2.45) is 0 Å². The molecule has 0 N–H and O–H groups in total. The van der Waals surface area contributed by atoms with Gasteiger partial charge in [0.05, 0.1) is 13.2 Å². The topological polar surface area (TPSA) is 18.5 Å². The largest absolute Gasteiger partial charge is 0.490 e. The first-order valence-electron chi connectivity index (χ1n) is 5.28. The summed E-state index contributed by atoms with van der Waals surface area (Å²) < 4.78 is 11.3. The Balaban J connectivity index is 2.02. The van der Waals surface area contributed by atoms with Crippen LogP contribution in [-0.4, -0.2) is 19.3 Å². The second-order valence-corrected chi connectivity index (χ2v) is 4.23. The second-order valence-electron chi connectivity index (χ2n) is 3.67. The van der Waals surface area contributed by atoms with Gasteiger partial charge < -0.3 is 9.47 Å². The molecule has 0 radical (unpaired) electrons. The summed E-state index contributed by atoms with van der Waals surface area (Å²) in [6.07, 6.45) is 2.31. The van der Waals surface area contributed by atoms with Gasteiger partial charge in [0.2, 0.25) is 0 Å². The highest BCUT2D eigenvalue weighted by Gasteiger charge is 2.16. The Labute approximate surface area is 98.7 Å². The van der Waals surface area contributed by atoms with Crippen molar-refractivity contribution in [1.29, 1.82) is 0 Å². The summed E-state index contributed by atoms with van der Waals surface area (Å²) in [7, 11) is 0. The molecule has 2 rings (SSSR count). The van der Waals surface area contributed by atoms with Gasteiger partial charge in [0, 0.05) is 23.7 Å². The fraction of sp³-hybridized carbons (Fsp3) is 0.500. The van der Waals surface area contributed by atoms with Gasteiger partial charge in [-0.3, -0.25) is 0 Å². The number of para-hydroxylation sites is 1. The van der Waals surface area contributed by atoms with Gasteiger partial charge in [0.1, 0.15) is 11.9 Å². The first-order valence-corrected chi connectivity index (χ1v) is 6.40.